The van der Waals surface area contributed by atoms with E-state index in [0.29, 0.717) is 23.7 Å². The second kappa shape index (κ2) is 15.4. The third kappa shape index (κ3) is 6.67. The third-order valence-corrected chi connectivity index (χ3v) is 8.47. The molecular weight excluding hydrogens is 562 g/mol. The van der Waals surface area contributed by atoms with Crippen molar-refractivity contribution in [1.29, 1.82) is 0 Å². The minimum Gasteiger partial charge on any atom is -0.416 e. The van der Waals surface area contributed by atoms with Crippen LogP contribution < -0.4 is 0 Å². The van der Waals surface area contributed by atoms with Crippen LogP contribution in [0.5, 0.6) is 0 Å². The second-order valence-electron chi connectivity index (χ2n) is 11.1. The fourth-order valence-corrected chi connectivity index (χ4v) is 6.27. The summed E-state index contributed by atoms with van der Waals surface area (Å²) in [7, 11) is 0. The van der Waals surface area contributed by atoms with E-state index in [0.717, 1.165) is 24.0 Å². The highest BCUT2D eigenvalue weighted by Gasteiger charge is 2.19. The third-order valence-electron chi connectivity index (χ3n) is 8.47. The first-order valence-corrected chi connectivity index (χ1v) is 14.8. The lowest BCUT2D eigenvalue weighted by Crippen LogP contribution is -2.10. The summed E-state index contributed by atoms with van der Waals surface area (Å²) in [4.78, 5) is 0. The Kier molecular flexibility index (Phi) is 11.9. The first-order chi connectivity index (χ1) is 20.7. The maximum atomic E-state index is 5.94. The van der Waals surface area contributed by atoms with Crippen LogP contribution in [-0.2, 0) is 0 Å². The lowest BCUT2D eigenvalue weighted by Gasteiger charge is -2.23. The lowest BCUT2D eigenvalue weighted by atomic mass is 9.89. The van der Waals surface area contributed by atoms with Crippen molar-refractivity contribution in [3.05, 3.63) is 133 Å². The number of hydrogen-bond donors (Lipinski definition) is 0. The molecule has 0 saturated carbocycles. The van der Waals surface area contributed by atoms with Crippen LogP contribution in [0.25, 0.3) is 55.8 Å². The Morgan fingerprint density at radius 1 is 0.543 bits per heavy atom. The van der Waals surface area contributed by atoms with Crippen molar-refractivity contribution in [3.63, 3.8) is 0 Å². The van der Waals surface area contributed by atoms with Gasteiger partial charge < -0.3 is 8.98 Å². The standard InChI is InChI=1S/C38H33N3O.4CH4/c1-3-27(25-26(2)41-35-15-9-7-13-33(35)34-14-8-10-16-36(34)41)28-17-19-29(20-18-28)30-21-23-32(24-22-30)38-40-39-37(42-38)31-11-5-4-6-12-31;;;;/h4-24,26-27H,3,25H2,1-2H3;4*1H4. The molecule has 0 saturated heterocycles. The summed E-state index contributed by atoms with van der Waals surface area (Å²) < 4.78 is 8.47. The van der Waals surface area contributed by atoms with Crippen LogP contribution in [0.3, 0.4) is 0 Å². The first kappa shape index (κ1) is 35.5. The van der Waals surface area contributed by atoms with Crippen molar-refractivity contribution >= 4 is 21.8 Å². The van der Waals surface area contributed by atoms with Gasteiger partial charge in [-0.1, -0.05) is 128 Å². The van der Waals surface area contributed by atoms with E-state index in [2.05, 4.69) is 114 Å². The molecule has 0 aliphatic heterocycles. The van der Waals surface area contributed by atoms with Gasteiger partial charge in [0.25, 0.3) is 0 Å². The summed E-state index contributed by atoms with van der Waals surface area (Å²) in [6.45, 7) is 4.67. The van der Waals surface area contributed by atoms with Crippen molar-refractivity contribution in [2.24, 2.45) is 0 Å². The molecule has 7 rings (SSSR count). The molecule has 7 aromatic rings. The number of hydrogen-bond acceptors (Lipinski definition) is 3. The molecule has 0 radical (unpaired) electrons. The Labute approximate surface area is 275 Å². The first-order valence-electron chi connectivity index (χ1n) is 14.8. The maximum absolute atomic E-state index is 5.94. The van der Waals surface area contributed by atoms with Crippen molar-refractivity contribution in [1.82, 2.24) is 14.8 Å². The van der Waals surface area contributed by atoms with Gasteiger partial charge in [-0.05, 0) is 78.8 Å². The predicted molar refractivity (Wildman–Crippen MR) is 199 cm³/mol. The fraction of sp³-hybridized carbons (Fsp3) is 0.238. The monoisotopic (exact) mass is 611 g/mol. The van der Waals surface area contributed by atoms with Gasteiger partial charge >= 0.3 is 0 Å². The fourth-order valence-electron chi connectivity index (χ4n) is 6.27. The number of para-hydroxylation sites is 2. The van der Waals surface area contributed by atoms with Gasteiger partial charge in [-0.3, -0.25) is 0 Å². The van der Waals surface area contributed by atoms with Gasteiger partial charge in [0, 0.05) is 39.0 Å². The van der Waals surface area contributed by atoms with Gasteiger partial charge in [0.15, 0.2) is 0 Å². The number of fused-ring (bicyclic) bond motifs is 3. The van der Waals surface area contributed by atoms with E-state index < -0.39 is 0 Å². The van der Waals surface area contributed by atoms with E-state index in [4.69, 9.17) is 4.42 Å². The SMILES string of the molecule is C.C.C.C.CCC(CC(C)n1c2ccccc2c2ccccc21)c1ccc(-c2ccc(-c3nnc(-c4ccccc4)o3)cc2)cc1. The van der Waals surface area contributed by atoms with Crippen LogP contribution in [-0.4, -0.2) is 14.8 Å². The van der Waals surface area contributed by atoms with E-state index in [9.17, 15) is 0 Å². The summed E-state index contributed by atoms with van der Waals surface area (Å²) in [5, 5.41) is 11.2. The molecular formula is C42H49N3O. The van der Waals surface area contributed by atoms with Crippen molar-refractivity contribution in [3.8, 4) is 34.0 Å². The maximum Gasteiger partial charge on any atom is 0.248 e. The minimum atomic E-state index is 0. The molecule has 2 heterocycles. The molecule has 0 aliphatic carbocycles. The van der Waals surface area contributed by atoms with Crippen LogP contribution in [0.2, 0.25) is 0 Å². The summed E-state index contributed by atoms with van der Waals surface area (Å²) in [5.74, 6) is 1.54. The smallest absolute Gasteiger partial charge is 0.248 e. The Balaban J connectivity index is 0.00000144. The van der Waals surface area contributed by atoms with Crippen LogP contribution >= 0.6 is 0 Å². The lowest BCUT2D eigenvalue weighted by molar-refractivity contribution is 0.462. The topological polar surface area (TPSA) is 43.9 Å². The van der Waals surface area contributed by atoms with Gasteiger partial charge in [0.05, 0.1) is 0 Å². The molecule has 0 N–H and O–H groups in total. The van der Waals surface area contributed by atoms with Gasteiger partial charge in [-0.2, -0.15) is 0 Å². The number of nitrogens with zero attached hydrogens (tertiary/aromatic N) is 3. The van der Waals surface area contributed by atoms with Gasteiger partial charge in [0.1, 0.15) is 0 Å². The van der Waals surface area contributed by atoms with Crippen molar-refractivity contribution in [2.75, 3.05) is 0 Å². The van der Waals surface area contributed by atoms with Crippen LogP contribution in [0.15, 0.2) is 132 Å². The molecule has 0 fully saturated rings. The Morgan fingerprint density at radius 3 is 1.50 bits per heavy atom. The highest BCUT2D eigenvalue weighted by Crippen LogP contribution is 2.37. The molecule has 238 valence electrons. The predicted octanol–water partition coefficient (Wildman–Crippen LogP) is 12.9. The number of rotatable bonds is 8. The Bertz CT molecular complexity index is 1900. The molecule has 46 heavy (non-hydrogen) atoms. The number of benzene rings is 5. The second-order valence-corrected chi connectivity index (χ2v) is 11.1. The zero-order valence-electron chi connectivity index (χ0n) is 23.9. The highest BCUT2D eigenvalue weighted by molar-refractivity contribution is 6.08. The Morgan fingerprint density at radius 2 is 0.978 bits per heavy atom. The molecule has 5 aromatic carbocycles. The molecule has 2 atom stereocenters. The highest BCUT2D eigenvalue weighted by atomic mass is 16.4. The Hall–Kier alpha value is -4.96. The van der Waals surface area contributed by atoms with Gasteiger partial charge in [-0.15, -0.1) is 10.2 Å². The molecule has 0 bridgehead atoms. The van der Waals surface area contributed by atoms with Crippen molar-refractivity contribution < 1.29 is 4.42 Å². The zero-order chi connectivity index (χ0) is 28.5. The average Bonchev–Trinajstić information content (AvgIpc) is 3.68. The summed E-state index contributed by atoms with van der Waals surface area (Å²) in [6.07, 6.45) is 2.19. The largest absolute Gasteiger partial charge is 0.416 e. The van der Waals surface area contributed by atoms with Crippen molar-refractivity contribution in [2.45, 2.75) is 68.4 Å². The quantitative estimate of drug-likeness (QED) is 0.172. The van der Waals surface area contributed by atoms with Crippen LogP contribution in [0, 0.1) is 0 Å². The molecule has 0 amide bonds. The average molecular weight is 612 g/mol. The molecule has 4 heteroatoms. The number of aromatic nitrogens is 3. The minimum absolute atomic E-state index is 0. The molecule has 0 spiro atoms. The molecule has 4 nitrogen and oxygen atoms in total. The van der Waals surface area contributed by atoms with Crippen LogP contribution in [0.1, 0.15) is 73.9 Å². The summed E-state index contributed by atoms with van der Waals surface area (Å²) >= 11 is 0. The normalized spacial score (nSPS) is 11.9. The zero-order valence-corrected chi connectivity index (χ0v) is 23.9. The van der Waals surface area contributed by atoms with E-state index in [-0.39, 0.29) is 29.7 Å². The van der Waals surface area contributed by atoms with E-state index in [1.165, 1.54) is 38.5 Å². The van der Waals surface area contributed by atoms with E-state index in [1.54, 1.807) is 0 Å². The van der Waals surface area contributed by atoms with E-state index >= 15 is 0 Å². The summed E-state index contributed by atoms with van der Waals surface area (Å²) in [5.41, 5.74) is 8.22. The van der Waals surface area contributed by atoms with Gasteiger partial charge in [-0.25, -0.2) is 0 Å². The summed E-state index contributed by atoms with van der Waals surface area (Å²) in [6, 6.07) is 45.3. The molecule has 2 aromatic heterocycles. The van der Waals surface area contributed by atoms with Gasteiger partial charge in [0.2, 0.25) is 11.8 Å². The van der Waals surface area contributed by atoms with Crippen LogP contribution in [0.4, 0.5) is 0 Å². The molecule has 2 unspecified atom stereocenters. The molecule has 0 aliphatic rings. The van der Waals surface area contributed by atoms with E-state index in [1.807, 2.05) is 42.5 Å².